The lowest BCUT2D eigenvalue weighted by Crippen LogP contribution is -2.38. The van der Waals surface area contributed by atoms with E-state index in [0.717, 1.165) is 19.8 Å². The van der Waals surface area contributed by atoms with Gasteiger partial charge in [0.25, 0.3) is 0 Å². The Morgan fingerprint density at radius 3 is 2.64 bits per heavy atom. The van der Waals surface area contributed by atoms with Gasteiger partial charge in [-0.1, -0.05) is 0 Å². The Hall–Kier alpha value is 0.270. The Bertz CT molecular complexity index is 141. The molecule has 0 spiro atoms. The van der Waals surface area contributed by atoms with E-state index in [4.69, 9.17) is 4.74 Å². The van der Waals surface area contributed by atoms with E-state index in [1.807, 2.05) is 11.8 Å². The number of thioether (sulfide) groups is 1. The summed E-state index contributed by atoms with van der Waals surface area (Å²) in [4.78, 5) is 0. The van der Waals surface area contributed by atoms with Gasteiger partial charge in [-0.25, -0.2) is 0 Å². The van der Waals surface area contributed by atoms with Crippen LogP contribution in [-0.2, 0) is 4.74 Å². The van der Waals surface area contributed by atoms with E-state index in [-0.39, 0.29) is 0 Å². The Morgan fingerprint density at radius 2 is 2.07 bits per heavy atom. The third-order valence-corrected chi connectivity index (χ3v) is 3.86. The second kappa shape index (κ2) is 6.70. The van der Waals surface area contributed by atoms with Crippen molar-refractivity contribution in [2.45, 2.75) is 25.7 Å². The summed E-state index contributed by atoms with van der Waals surface area (Å²) in [5.74, 6) is 1.30. The van der Waals surface area contributed by atoms with Crippen LogP contribution in [0.1, 0.15) is 25.7 Å². The first-order valence-corrected chi connectivity index (χ1v) is 6.94. The lowest BCUT2D eigenvalue weighted by Gasteiger charge is -2.37. The van der Waals surface area contributed by atoms with E-state index >= 15 is 0 Å². The van der Waals surface area contributed by atoms with Gasteiger partial charge >= 0.3 is 0 Å². The molecule has 0 saturated carbocycles. The lowest BCUT2D eigenvalue weighted by atomic mass is 9.76. The van der Waals surface area contributed by atoms with Crippen molar-refractivity contribution < 1.29 is 4.74 Å². The van der Waals surface area contributed by atoms with Crippen LogP contribution in [-0.4, -0.2) is 38.8 Å². The van der Waals surface area contributed by atoms with Gasteiger partial charge in [-0.05, 0) is 50.2 Å². The predicted octanol–water partition coefficient (Wildman–Crippen LogP) is 2.15. The first kappa shape index (κ1) is 12.3. The third-order valence-electron chi connectivity index (χ3n) is 3.16. The van der Waals surface area contributed by atoms with Crippen molar-refractivity contribution in [3.8, 4) is 0 Å². The minimum absolute atomic E-state index is 0.530. The molecule has 0 aromatic heterocycles. The normalized spacial score (nSPS) is 21.0. The number of rotatable bonds is 6. The van der Waals surface area contributed by atoms with Gasteiger partial charge in [-0.2, -0.15) is 11.8 Å². The van der Waals surface area contributed by atoms with Crippen LogP contribution in [0, 0.1) is 5.41 Å². The Labute approximate surface area is 92.2 Å². The largest absolute Gasteiger partial charge is 0.381 e. The average Bonchev–Trinajstić information content (AvgIpc) is 2.20. The summed E-state index contributed by atoms with van der Waals surface area (Å²) in [5.41, 5.74) is 0.530. The molecule has 2 nitrogen and oxygen atoms in total. The van der Waals surface area contributed by atoms with Gasteiger partial charge in [0.15, 0.2) is 0 Å². The number of ether oxygens (including phenoxy) is 1. The first-order valence-electron chi connectivity index (χ1n) is 5.54. The van der Waals surface area contributed by atoms with Crippen LogP contribution in [0.3, 0.4) is 0 Å². The van der Waals surface area contributed by atoms with Gasteiger partial charge < -0.3 is 10.1 Å². The second-order valence-corrected chi connectivity index (χ2v) is 5.22. The summed E-state index contributed by atoms with van der Waals surface area (Å²) < 4.78 is 5.44. The maximum absolute atomic E-state index is 5.44. The molecule has 0 bridgehead atoms. The fourth-order valence-corrected chi connectivity index (χ4v) is 2.72. The topological polar surface area (TPSA) is 21.3 Å². The van der Waals surface area contributed by atoms with Crippen molar-refractivity contribution in [2.24, 2.45) is 5.41 Å². The summed E-state index contributed by atoms with van der Waals surface area (Å²) in [6, 6.07) is 0. The van der Waals surface area contributed by atoms with Crippen molar-refractivity contribution in [3.63, 3.8) is 0 Å². The van der Waals surface area contributed by atoms with Crippen molar-refractivity contribution >= 4 is 11.8 Å². The van der Waals surface area contributed by atoms with Gasteiger partial charge in [-0.15, -0.1) is 0 Å². The fraction of sp³-hybridized carbons (Fsp3) is 1.00. The molecule has 1 aliphatic heterocycles. The summed E-state index contributed by atoms with van der Waals surface area (Å²) in [6.45, 7) is 3.08. The van der Waals surface area contributed by atoms with Gasteiger partial charge in [-0.3, -0.25) is 0 Å². The lowest BCUT2D eigenvalue weighted by molar-refractivity contribution is 0.0111. The molecule has 3 heteroatoms. The van der Waals surface area contributed by atoms with Crippen LogP contribution in [0.25, 0.3) is 0 Å². The molecule has 1 saturated heterocycles. The Balaban J connectivity index is 2.34. The molecular formula is C11H23NOS. The highest BCUT2D eigenvalue weighted by atomic mass is 32.2. The maximum atomic E-state index is 5.44. The number of hydrogen-bond acceptors (Lipinski definition) is 3. The number of hydrogen-bond donors (Lipinski definition) is 1. The van der Waals surface area contributed by atoms with Crippen LogP contribution in [0.4, 0.5) is 0 Å². The van der Waals surface area contributed by atoms with Crippen LogP contribution in [0.2, 0.25) is 0 Å². The quantitative estimate of drug-likeness (QED) is 0.689. The van der Waals surface area contributed by atoms with E-state index in [0.29, 0.717) is 5.41 Å². The van der Waals surface area contributed by atoms with Crippen LogP contribution in [0.15, 0.2) is 0 Å². The van der Waals surface area contributed by atoms with Crippen LogP contribution in [0.5, 0.6) is 0 Å². The molecule has 1 rings (SSSR count). The van der Waals surface area contributed by atoms with E-state index in [1.165, 1.54) is 31.4 Å². The molecular weight excluding hydrogens is 194 g/mol. The van der Waals surface area contributed by atoms with E-state index in [1.54, 1.807) is 0 Å². The van der Waals surface area contributed by atoms with Crippen molar-refractivity contribution in [1.29, 1.82) is 0 Å². The first-order chi connectivity index (χ1) is 6.83. The Kier molecular flexibility index (Phi) is 5.90. The molecule has 1 N–H and O–H groups in total. The van der Waals surface area contributed by atoms with Gasteiger partial charge in [0.1, 0.15) is 0 Å². The van der Waals surface area contributed by atoms with Gasteiger partial charge in [0.2, 0.25) is 0 Å². The molecule has 1 heterocycles. The van der Waals surface area contributed by atoms with Gasteiger partial charge in [0.05, 0.1) is 0 Å². The highest BCUT2D eigenvalue weighted by Crippen LogP contribution is 2.34. The molecule has 0 unspecified atom stereocenters. The van der Waals surface area contributed by atoms with E-state index < -0.39 is 0 Å². The zero-order valence-electron chi connectivity index (χ0n) is 9.47. The summed E-state index contributed by atoms with van der Waals surface area (Å²) >= 11 is 1.96. The Morgan fingerprint density at radius 1 is 1.36 bits per heavy atom. The average molecular weight is 217 g/mol. The van der Waals surface area contributed by atoms with E-state index in [9.17, 15) is 0 Å². The van der Waals surface area contributed by atoms with Crippen molar-refractivity contribution in [1.82, 2.24) is 5.32 Å². The maximum Gasteiger partial charge on any atom is 0.0471 e. The highest BCUT2D eigenvalue weighted by Gasteiger charge is 2.30. The molecule has 0 radical (unpaired) electrons. The third kappa shape index (κ3) is 3.79. The number of nitrogens with one attached hydrogen (secondary N) is 1. The summed E-state index contributed by atoms with van der Waals surface area (Å²) in [6.07, 6.45) is 7.38. The fourth-order valence-electron chi connectivity index (χ4n) is 2.29. The summed E-state index contributed by atoms with van der Waals surface area (Å²) in [7, 11) is 2.06. The minimum Gasteiger partial charge on any atom is -0.381 e. The predicted molar refractivity (Wildman–Crippen MR) is 64.0 cm³/mol. The molecule has 14 heavy (non-hydrogen) atoms. The minimum atomic E-state index is 0.530. The second-order valence-electron chi connectivity index (χ2n) is 4.24. The van der Waals surface area contributed by atoms with Crippen LogP contribution >= 0.6 is 11.8 Å². The van der Waals surface area contributed by atoms with Crippen LogP contribution < -0.4 is 5.32 Å². The molecule has 1 aliphatic rings. The zero-order valence-corrected chi connectivity index (χ0v) is 10.3. The molecule has 84 valence electrons. The summed E-state index contributed by atoms with van der Waals surface area (Å²) in [5, 5.41) is 3.34. The highest BCUT2D eigenvalue weighted by molar-refractivity contribution is 7.98. The zero-order chi connectivity index (χ0) is 10.3. The van der Waals surface area contributed by atoms with Crippen molar-refractivity contribution in [2.75, 3.05) is 38.8 Å². The van der Waals surface area contributed by atoms with Crippen molar-refractivity contribution in [3.05, 3.63) is 0 Å². The molecule has 0 aliphatic carbocycles. The standard InChI is InChI=1S/C11H23NOS/c1-12-10-11(4-3-9-14-2)5-7-13-8-6-11/h12H,3-10H2,1-2H3. The smallest absolute Gasteiger partial charge is 0.0471 e. The molecule has 0 amide bonds. The van der Waals surface area contributed by atoms with Gasteiger partial charge in [0, 0.05) is 19.8 Å². The SMILES string of the molecule is CNCC1(CCCSC)CCOCC1. The van der Waals surface area contributed by atoms with E-state index in [2.05, 4.69) is 18.6 Å². The molecule has 1 fully saturated rings. The monoisotopic (exact) mass is 217 g/mol. The molecule has 0 aromatic carbocycles. The molecule has 0 atom stereocenters. The molecule has 0 aromatic rings.